The normalized spacial score (nSPS) is 13.0. The minimum atomic E-state index is -3.21. The number of amides is 1. The molecule has 1 atom stereocenters. The van der Waals surface area contributed by atoms with Gasteiger partial charge >= 0.3 is 6.61 Å². The Balaban J connectivity index is 2.61. The van der Waals surface area contributed by atoms with Gasteiger partial charge in [-0.25, -0.2) is 8.42 Å². The number of alkyl halides is 2. The van der Waals surface area contributed by atoms with E-state index >= 15 is 0 Å². The molecule has 0 aromatic heterocycles. The SMILES string of the molecule is CS(=O)(=O)CCC(N)C(=O)Nc1cccc(OC(F)F)c1. The summed E-state index contributed by atoms with van der Waals surface area (Å²) in [6.45, 7) is -2.96. The minimum Gasteiger partial charge on any atom is -0.435 e. The maximum absolute atomic E-state index is 12.1. The number of sulfone groups is 1. The average molecular weight is 322 g/mol. The molecule has 0 aliphatic carbocycles. The van der Waals surface area contributed by atoms with Gasteiger partial charge in [-0.15, -0.1) is 0 Å². The third-order valence-corrected chi connectivity index (χ3v) is 3.44. The van der Waals surface area contributed by atoms with E-state index < -0.39 is 28.4 Å². The number of carbonyl (C=O) groups is 1. The van der Waals surface area contributed by atoms with E-state index in [0.29, 0.717) is 0 Å². The van der Waals surface area contributed by atoms with Crippen LogP contribution in [0.1, 0.15) is 6.42 Å². The number of benzene rings is 1. The van der Waals surface area contributed by atoms with Gasteiger partial charge in [0.2, 0.25) is 5.91 Å². The standard InChI is InChI=1S/C12H16F2N2O4S/c1-21(18,19)6-5-10(15)11(17)16-8-3-2-4-9(7-8)20-12(13)14/h2-4,7,10,12H,5-6,15H2,1H3,(H,16,17). The van der Waals surface area contributed by atoms with E-state index in [-0.39, 0.29) is 23.6 Å². The second-order valence-corrected chi connectivity index (χ2v) is 6.68. The minimum absolute atomic E-state index is 0.0299. The van der Waals surface area contributed by atoms with Crippen molar-refractivity contribution in [2.45, 2.75) is 19.1 Å². The van der Waals surface area contributed by atoms with Gasteiger partial charge in [-0.05, 0) is 18.6 Å². The number of hydrogen-bond acceptors (Lipinski definition) is 5. The molecular weight excluding hydrogens is 306 g/mol. The van der Waals surface area contributed by atoms with Crippen molar-refractivity contribution in [1.29, 1.82) is 0 Å². The molecule has 0 aliphatic rings. The number of ether oxygens (including phenoxy) is 1. The van der Waals surface area contributed by atoms with Gasteiger partial charge in [-0.1, -0.05) is 6.07 Å². The summed E-state index contributed by atoms with van der Waals surface area (Å²) in [6.07, 6.45) is 1.01. The van der Waals surface area contributed by atoms with E-state index in [1.165, 1.54) is 24.3 Å². The van der Waals surface area contributed by atoms with Crippen LogP contribution in [0.2, 0.25) is 0 Å². The molecule has 0 saturated heterocycles. The highest BCUT2D eigenvalue weighted by atomic mass is 32.2. The second kappa shape index (κ2) is 7.32. The number of anilines is 1. The third-order valence-electron chi connectivity index (χ3n) is 2.46. The number of carbonyl (C=O) groups excluding carboxylic acids is 1. The molecule has 1 aromatic carbocycles. The molecule has 1 rings (SSSR count). The third kappa shape index (κ3) is 7.00. The summed E-state index contributed by atoms with van der Waals surface area (Å²) in [7, 11) is -3.21. The molecule has 0 radical (unpaired) electrons. The number of nitrogens with two attached hydrogens (primary N) is 1. The van der Waals surface area contributed by atoms with Crippen LogP contribution in [0.25, 0.3) is 0 Å². The first-order chi connectivity index (χ1) is 9.67. The molecule has 21 heavy (non-hydrogen) atoms. The summed E-state index contributed by atoms with van der Waals surface area (Å²) in [5.41, 5.74) is 5.79. The van der Waals surface area contributed by atoms with Crippen molar-refractivity contribution in [3.8, 4) is 5.75 Å². The summed E-state index contributed by atoms with van der Waals surface area (Å²) in [4.78, 5) is 11.7. The lowest BCUT2D eigenvalue weighted by Gasteiger charge is -2.12. The zero-order valence-electron chi connectivity index (χ0n) is 11.3. The van der Waals surface area contributed by atoms with Crippen LogP contribution in [0.3, 0.4) is 0 Å². The monoisotopic (exact) mass is 322 g/mol. The van der Waals surface area contributed by atoms with Crippen LogP contribution < -0.4 is 15.8 Å². The molecule has 118 valence electrons. The molecule has 0 aliphatic heterocycles. The van der Waals surface area contributed by atoms with Crippen molar-refractivity contribution >= 4 is 21.4 Å². The molecule has 6 nitrogen and oxygen atoms in total. The first kappa shape index (κ1) is 17.3. The number of rotatable bonds is 7. The maximum atomic E-state index is 12.1. The van der Waals surface area contributed by atoms with E-state index in [1.807, 2.05) is 0 Å². The predicted octanol–water partition coefficient (Wildman–Crippen LogP) is 0.989. The molecule has 1 aromatic rings. The fourth-order valence-corrected chi connectivity index (χ4v) is 2.14. The predicted molar refractivity (Wildman–Crippen MR) is 74.0 cm³/mol. The Hall–Kier alpha value is -1.74. The Bertz CT molecular complexity index is 593. The lowest BCUT2D eigenvalue weighted by atomic mass is 10.2. The van der Waals surface area contributed by atoms with Crippen molar-refractivity contribution in [1.82, 2.24) is 0 Å². The summed E-state index contributed by atoms with van der Waals surface area (Å²) in [5.74, 6) is -0.920. The van der Waals surface area contributed by atoms with Gasteiger partial charge in [-0.2, -0.15) is 8.78 Å². The number of halogens is 2. The zero-order chi connectivity index (χ0) is 16.0. The summed E-state index contributed by atoms with van der Waals surface area (Å²) >= 11 is 0. The Kier molecular flexibility index (Phi) is 6.03. The van der Waals surface area contributed by atoms with Gasteiger partial charge in [0.25, 0.3) is 0 Å². The second-order valence-electron chi connectivity index (χ2n) is 4.42. The van der Waals surface area contributed by atoms with Crippen LogP contribution in [-0.2, 0) is 14.6 Å². The average Bonchev–Trinajstić information content (AvgIpc) is 2.34. The smallest absolute Gasteiger partial charge is 0.387 e. The first-order valence-electron chi connectivity index (χ1n) is 5.96. The highest BCUT2D eigenvalue weighted by Gasteiger charge is 2.16. The molecule has 0 fully saturated rings. The van der Waals surface area contributed by atoms with E-state index in [0.717, 1.165) is 6.26 Å². The lowest BCUT2D eigenvalue weighted by molar-refractivity contribution is -0.117. The summed E-state index contributed by atoms with van der Waals surface area (Å²) in [5, 5.41) is 2.41. The van der Waals surface area contributed by atoms with Gasteiger partial charge < -0.3 is 15.8 Å². The van der Waals surface area contributed by atoms with Crippen LogP contribution in [0.15, 0.2) is 24.3 Å². The Morgan fingerprint density at radius 3 is 2.67 bits per heavy atom. The van der Waals surface area contributed by atoms with E-state index in [9.17, 15) is 22.0 Å². The zero-order valence-corrected chi connectivity index (χ0v) is 12.1. The number of nitrogens with one attached hydrogen (secondary N) is 1. The van der Waals surface area contributed by atoms with Crippen molar-refractivity contribution < 1.29 is 26.7 Å². The molecule has 0 spiro atoms. The van der Waals surface area contributed by atoms with Crippen LogP contribution >= 0.6 is 0 Å². The topological polar surface area (TPSA) is 98.5 Å². The molecule has 3 N–H and O–H groups in total. The highest BCUT2D eigenvalue weighted by molar-refractivity contribution is 7.90. The lowest BCUT2D eigenvalue weighted by Crippen LogP contribution is -2.37. The van der Waals surface area contributed by atoms with Gasteiger partial charge in [0.1, 0.15) is 15.6 Å². The molecule has 1 unspecified atom stereocenters. The molecule has 0 bridgehead atoms. The Morgan fingerprint density at radius 2 is 2.10 bits per heavy atom. The number of hydrogen-bond donors (Lipinski definition) is 2. The van der Waals surface area contributed by atoms with Crippen molar-refractivity contribution in [2.75, 3.05) is 17.3 Å². The van der Waals surface area contributed by atoms with E-state index in [1.54, 1.807) is 0 Å². The summed E-state index contributed by atoms with van der Waals surface area (Å²) in [6, 6.07) is 4.41. The molecule has 0 saturated carbocycles. The molecular formula is C12H16F2N2O4S. The van der Waals surface area contributed by atoms with Crippen molar-refractivity contribution in [2.24, 2.45) is 5.73 Å². The Labute approximate surface area is 121 Å². The van der Waals surface area contributed by atoms with E-state index in [4.69, 9.17) is 5.73 Å². The largest absolute Gasteiger partial charge is 0.435 e. The van der Waals surface area contributed by atoms with Crippen LogP contribution in [0.4, 0.5) is 14.5 Å². The van der Waals surface area contributed by atoms with Gasteiger partial charge in [-0.3, -0.25) is 4.79 Å². The highest BCUT2D eigenvalue weighted by Crippen LogP contribution is 2.19. The molecule has 9 heteroatoms. The fraction of sp³-hybridized carbons (Fsp3) is 0.417. The maximum Gasteiger partial charge on any atom is 0.387 e. The van der Waals surface area contributed by atoms with Gasteiger partial charge in [0, 0.05) is 18.0 Å². The van der Waals surface area contributed by atoms with Crippen LogP contribution in [0.5, 0.6) is 5.75 Å². The first-order valence-corrected chi connectivity index (χ1v) is 8.02. The molecule has 1 amide bonds. The quantitative estimate of drug-likeness (QED) is 0.780. The van der Waals surface area contributed by atoms with Gasteiger partial charge in [0.15, 0.2) is 0 Å². The van der Waals surface area contributed by atoms with Crippen molar-refractivity contribution in [3.05, 3.63) is 24.3 Å². The fourth-order valence-electron chi connectivity index (χ4n) is 1.46. The van der Waals surface area contributed by atoms with Crippen molar-refractivity contribution in [3.63, 3.8) is 0 Å². The summed E-state index contributed by atoms with van der Waals surface area (Å²) < 4.78 is 50.3. The van der Waals surface area contributed by atoms with E-state index in [2.05, 4.69) is 10.1 Å². The Morgan fingerprint density at radius 1 is 1.43 bits per heavy atom. The molecule has 0 heterocycles. The van der Waals surface area contributed by atoms with Crippen LogP contribution in [-0.4, -0.2) is 39.0 Å². The van der Waals surface area contributed by atoms with Crippen LogP contribution in [0, 0.1) is 0 Å². The van der Waals surface area contributed by atoms with Gasteiger partial charge in [0.05, 0.1) is 11.8 Å².